The van der Waals surface area contributed by atoms with E-state index in [0.29, 0.717) is 11.3 Å². The summed E-state index contributed by atoms with van der Waals surface area (Å²) < 4.78 is 14.3. The van der Waals surface area contributed by atoms with Crippen molar-refractivity contribution in [3.05, 3.63) is 78.6 Å². The molecule has 0 atom stereocenters. The Morgan fingerprint density at radius 1 is 0.650 bits per heavy atom. The number of anilines is 1. The number of nitrogen functional groups attached to an aromatic ring is 1. The minimum absolute atomic E-state index is 0.226. The fourth-order valence-electron chi connectivity index (χ4n) is 2.22. The van der Waals surface area contributed by atoms with Crippen molar-refractivity contribution in [1.82, 2.24) is 0 Å². The first-order valence-corrected chi connectivity index (χ1v) is 6.45. The summed E-state index contributed by atoms with van der Waals surface area (Å²) in [5.74, 6) is -0.226. The lowest BCUT2D eigenvalue weighted by atomic mass is 9.99. The zero-order chi connectivity index (χ0) is 13.9. The van der Waals surface area contributed by atoms with Crippen molar-refractivity contribution < 1.29 is 4.39 Å². The minimum atomic E-state index is -0.226. The van der Waals surface area contributed by atoms with Crippen molar-refractivity contribution in [2.75, 3.05) is 5.73 Å². The van der Waals surface area contributed by atoms with Crippen molar-refractivity contribution >= 4 is 5.69 Å². The summed E-state index contributed by atoms with van der Waals surface area (Å²) in [6.07, 6.45) is 0. The summed E-state index contributed by atoms with van der Waals surface area (Å²) in [7, 11) is 0. The topological polar surface area (TPSA) is 26.0 Å². The zero-order valence-electron chi connectivity index (χ0n) is 10.9. The van der Waals surface area contributed by atoms with Crippen LogP contribution in [0.3, 0.4) is 0 Å². The molecule has 2 heteroatoms. The van der Waals surface area contributed by atoms with Gasteiger partial charge in [0.2, 0.25) is 0 Å². The van der Waals surface area contributed by atoms with E-state index >= 15 is 0 Å². The van der Waals surface area contributed by atoms with Crippen LogP contribution in [-0.2, 0) is 0 Å². The summed E-state index contributed by atoms with van der Waals surface area (Å²) in [4.78, 5) is 0. The van der Waals surface area contributed by atoms with Crippen LogP contribution in [0.15, 0.2) is 72.8 Å². The summed E-state index contributed by atoms with van der Waals surface area (Å²) in [6.45, 7) is 0. The molecule has 0 aliphatic rings. The number of benzene rings is 3. The third kappa shape index (κ3) is 2.41. The molecule has 0 unspecified atom stereocenters. The lowest BCUT2D eigenvalue weighted by molar-refractivity contribution is 0.632. The Kier molecular flexibility index (Phi) is 3.21. The molecule has 0 heterocycles. The highest BCUT2D eigenvalue weighted by atomic mass is 19.1. The molecule has 3 aromatic rings. The van der Waals surface area contributed by atoms with Crippen LogP contribution in [0.25, 0.3) is 22.3 Å². The van der Waals surface area contributed by atoms with Crippen LogP contribution in [0.4, 0.5) is 10.1 Å². The van der Waals surface area contributed by atoms with Gasteiger partial charge in [-0.1, -0.05) is 54.6 Å². The fraction of sp³-hybridized carbons (Fsp3) is 0. The maximum Gasteiger partial charge on any atom is 0.131 e. The Balaban J connectivity index is 2.02. The Hall–Kier alpha value is -2.61. The Morgan fingerprint density at radius 2 is 1.30 bits per heavy atom. The van der Waals surface area contributed by atoms with E-state index in [4.69, 9.17) is 5.73 Å². The maximum atomic E-state index is 14.3. The third-order valence-corrected chi connectivity index (χ3v) is 3.30. The quantitative estimate of drug-likeness (QED) is 0.664. The SMILES string of the molecule is Nc1ccc(-c2ccc(-c3ccccc3)cc2F)cc1. The first kappa shape index (κ1) is 12.4. The van der Waals surface area contributed by atoms with Crippen LogP contribution in [-0.4, -0.2) is 0 Å². The standard InChI is InChI=1S/C18H14FN/c19-18-12-15(13-4-2-1-3-5-13)8-11-17(18)14-6-9-16(20)10-7-14/h1-12H,20H2. The highest BCUT2D eigenvalue weighted by molar-refractivity contribution is 5.71. The second kappa shape index (κ2) is 5.17. The molecular formula is C18H14FN. The third-order valence-electron chi connectivity index (χ3n) is 3.30. The zero-order valence-corrected chi connectivity index (χ0v) is 10.9. The number of hydrogen-bond acceptors (Lipinski definition) is 1. The number of halogens is 1. The summed E-state index contributed by atoms with van der Waals surface area (Å²) in [5, 5.41) is 0. The predicted octanol–water partition coefficient (Wildman–Crippen LogP) is 4.74. The van der Waals surface area contributed by atoms with Gasteiger partial charge in [-0.3, -0.25) is 0 Å². The fourth-order valence-corrected chi connectivity index (χ4v) is 2.22. The van der Waals surface area contributed by atoms with E-state index in [0.717, 1.165) is 16.7 Å². The van der Waals surface area contributed by atoms with Gasteiger partial charge in [-0.2, -0.15) is 0 Å². The van der Waals surface area contributed by atoms with Gasteiger partial charge in [-0.25, -0.2) is 4.39 Å². The molecule has 20 heavy (non-hydrogen) atoms. The van der Waals surface area contributed by atoms with Gasteiger partial charge in [0.15, 0.2) is 0 Å². The molecule has 0 aliphatic carbocycles. The highest BCUT2D eigenvalue weighted by Gasteiger charge is 2.07. The lowest BCUT2D eigenvalue weighted by Gasteiger charge is -2.07. The van der Waals surface area contributed by atoms with Gasteiger partial charge in [0.05, 0.1) is 0 Å². The van der Waals surface area contributed by atoms with Crippen molar-refractivity contribution in [1.29, 1.82) is 0 Å². The largest absolute Gasteiger partial charge is 0.399 e. The van der Waals surface area contributed by atoms with Crippen LogP contribution in [0.1, 0.15) is 0 Å². The molecule has 3 aromatic carbocycles. The van der Waals surface area contributed by atoms with E-state index in [1.807, 2.05) is 54.6 Å². The van der Waals surface area contributed by atoms with E-state index in [9.17, 15) is 4.39 Å². The number of nitrogens with two attached hydrogens (primary N) is 1. The van der Waals surface area contributed by atoms with Crippen LogP contribution in [0, 0.1) is 5.82 Å². The smallest absolute Gasteiger partial charge is 0.131 e. The highest BCUT2D eigenvalue weighted by Crippen LogP contribution is 2.28. The second-order valence-corrected chi connectivity index (χ2v) is 4.68. The average Bonchev–Trinajstić information content (AvgIpc) is 2.49. The first-order valence-electron chi connectivity index (χ1n) is 6.45. The molecule has 98 valence electrons. The molecule has 0 bridgehead atoms. The van der Waals surface area contributed by atoms with Gasteiger partial charge in [0.25, 0.3) is 0 Å². The monoisotopic (exact) mass is 263 g/mol. The lowest BCUT2D eigenvalue weighted by Crippen LogP contribution is -1.88. The predicted molar refractivity (Wildman–Crippen MR) is 81.7 cm³/mol. The van der Waals surface area contributed by atoms with Crippen molar-refractivity contribution in [3.8, 4) is 22.3 Å². The molecule has 0 aliphatic heterocycles. The van der Waals surface area contributed by atoms with Gasteiger partial charge < -0.3 is 5.73 Å². The molecule has 0 radical (unpaired) electrons. The molecule has 3 rings (SSSR count). The van der Waals surface area contributed by atoms with Gasteiger partial charge in [0, 0.05) is 11.3 Å². The minimum Gasteiger partial charge on any atom is -0.399 e. The Morgan fingerprint density at radius 3 is 1.95 bits per heavy atom. The number of hydrogen-bond donors (Lipinski definition) is 1. The number of rotatable bonds is 2. The van der Waals surface area contributed by atoms with E-state index in [1.165, 1.54) is 0 Å². The van der Waals surface area contributed by atoms with Gasteiger partial charge in [-0.05, 0) is 34.9 Å². The molecule has 2 N–H and O–H groups in total. The molecule has 0 fully saturated rings. The first-order chi connectivity index (χ1) is 9.74. The molecule has 0 amide bonds. The van der Waals surface area contributed by atoms with E-state index in [1.54, 1.807) is 18.2 Å². The van der Waals surface area contributed by atoms with Crippen LogP contribution in [0.5, 0.6) is 0 Å². The van der Waals surface area contributed by atoms with Crippen LogP contribution >= 0.6 is 0 Å². The molecule has 0 saturated carbocycles. The Bertz CT molecular complexity index is 718. The van der Waals surface area contributed by atoms with E-state index < -0.39 is 0 Å². The molecule has 0 aromatic heterocycles. The summed E-state index contributed by atoms with van der Waals surface area (Å²) >= 11 is 0. The van der Waals surface area contributed by atoms with Crippen molar-refractivity contribution in [2.24, 2.45) is 0 Å². The van der Waals surface area contributed by atoms with E-state index in [2.05, 4.69) is 0 Å². The normalized spacial score (nSPS) is 10.4. The molecular weight excluding hydrogens is 249 g/mol. The van der Waals surface area contributed by atoms with Crippen molar-refractivity contribution in [2.45, 2.75) is 0 Å². The van der Waals surface area contributed by atoms with Crippen molar-refractivity contribution in [3.63, 3.8) is 0 Å². The molecule has 0 spiro atoms. The summed E-state index contributed by atoms with van der Waals surface area (Å²) in [5.41, 5.74) is 9.63. The van der Waals surface area contributed by atoms with E-state index in [-0.39, 0.29) is 5.82 Å². The second-order valence-electron chi connectivity index (χ2n) is 4.68. The van der Waals surface area contributed by atoms with Gasteiger partial charge in [0.1, 0.15) is 5.82 Å². The van der Waals surface area contributed by atoms with Gasteiger partial charge in [-0.15, -0.1) is 0 Å². The molecule has 1 nitrogen and oxygen atoms in total. The Labute approximate surface area is 117 Å². The summed E-state index contributed by atoms with van der Waals surface area (Å²) in [6, 6.07) is 22.3. The molecule has 0 saturated heterocycles. The van der Waals surface area contributed by atoms with Crippen LogP contribution in [0.2, 0.25) is 0 Å². The van der Waals surface area contributed by atoms with Crippen LogP contribution < -0.4 is 5.73 Å². The maximum absolute atomic E-state index is 14.3. The van der Waals surface area contributed by atoms with Gasteiger partial charge >= 0.3 is 0 Å². The average molecular weight is 263 g/mol.